The number of aryl methyl sites for hydroxylation is 2. The summed E-state index contributed by atoms with van der Waals surface area (Å²) in [6.45, 7) is 3.68. The second-order valence-electron chi connectivity index (χ2n) is 5.73. The minimum atomic E-state index is -0.572. The summed E-state index contributed by atoms with van der Waals surface area (Å²) in [5.74, 6) is -0.519. The van der Waals surface area contributed by atoms with Gasteiger partial charge in [0.25, 0.3) is 0 Å². The fourth-order valence-corrected chi connectivity index (χ4v) is 4.20. The second kappa shape index (κ2) is 6.98. The summed E-state index contributed by atoms with van der Waals surface area (Å²) in [5.41, 5.74) is 2.60. The molecule has 0 N–H and O–H groups in total. The zero-order valence-electron chi connectivity index (χ0n) is 13.6. The van der Waals surface area contributed by atoms with Crippen LogP contribution in [0, 0.1) is 25.2 Å². The molecular weight excluding hydrogens is 402 g/mol. The average molecular weight is 416 g/mol. The number of amides is 2. The van der Waals surface area contributed by atoms with E-state index in [1.165, 1.54) is 16.7 Å². The van der Waals surface area contributed by atoms with Crippen molar-refractivity contribution in [3.63, 3.8) is 0 Å². The van der Waals surface area contributed by atoms with Gasteiger partial charge in [0.15, 0.2) is 0 Å². The molecule has 3 rings (SSSR count). The topological polar surface area (TPSA) is 74.1 Å². The van der Waals surface area contributed by atoms with Gasteiger partial charge in [-0.3, -0.25) is 9.59 Å². The maximum atomic E-state index is 12.7. The first kappa shape index (κ1) is 17.6. The van der Waals surface area contributed by atoms with Gasteiger partial charge in [-0.05, 0) is 49.7 Å². The third kappa shape index (κ3) is 3.46. The summed E-state index contributed by atoms with van der Waals surface area (Å²) < 4.78 is 0.874. The summed E-state index contributed by atoms with van der Waals surface area (Å²) in [4.78, 5) is 30.7. The molecule has 1 aliphatic rings. The highest BCUT2D eigenvalue weighted by molar-refractivity contribution is 9.10. The number of halogens is 1. The van der Waals surface area contributed by atoms with Gasteiger partial charge in [-0.1, -0.05) is 27.7 Å². The van der Waals surface area contributed by atoms with Gasteiger partial charge in [0.1, 0.15) is 11.1 Å². The Hall–Kier alpha value is -2.17. The van der Waals surface area contributed by atoms with Crippen LogP contribution in [0.1, 0.15) is 23.2 Å². The summed E-state index contributed by atoms with van der Waals surface area (Å²) in [6, 6.07) is 11.0. The van der Waals surface area contributed by atoms with E-state index in [4.69, 9.17) is 0 Å². The number of pyridine rings is 1. The second-order valence-corrected chi connectivity index (χ2v) is 7.83. The van der Waals surface area contributed by atoms with Crippen LogP contribution in [0.2, 0.25) is 0 Å². The van der Waals surface area contributed by atoms with E-state index in [0.29, 0.717) is 16.3 Å². The van der Waals surface area contributed by atoms with E-state index in [-0.39, 0.29) is 18.2 Å². The Bertz CT molecular complexity index is 906. The molecule has 0 saturated carbocycles. The molecule has 1 aliphatic heterocycles. The van der Waals surface area contributed by atoms with Crippen molar-refractivity contribution in [1.82, 2.24) is 4.98 Å². The quantitative estimate of drug-likeness (QED) is 0.713. The van der Waals surface area contributed by atoms with Crippen LogP contribution in [-0.2, 0) is 9.59 Å². The molecule has 1 fully saturated rings. The molecule has 1 aromatic heterocycles. The minimum absolute atomic E-state index is 0.0963. The highest BCUT2D eigenvalue weighted by Gasteiger charge is 2.40. The fourth-order valence-electron chi connectivity index (χ4n) is 2.72. The number of imide groups is 1. The highest BCUT2D eigenvalue weighted by atomic mass is 79.9. The monoisotopic (exact) mass is 415 g/mol. The van der Waals surface area contributed by atoms with Gasteiger partial charge in [0, 0.05) is 16.6 Å². The molecule has 1 saturated heterocycles. The van der Waals surface area contributed by atoms with Crippen LogP contribution >= 0.6 is 27.7 Å². The first-order chi connectivity index (χ1) is 11.9. The Morgan fingerprint density at radius 1 is 1.28 bits per heavy atom. The minimum Gasteiger partial charge on any atom is -0.274 e. The third-order valence-corrected chi connectivity index (χ3v) is 5.57. The van der Waals surface area contributed by atoms with Crippen molar-refractivity contribution < 1.29 is 9.59 Å². The molecule has 1 aromatic carbocycles. The van der Waals surface area contributed by atoms with E-state index in [2.05, 4.69) is 27.0 Å². The van der Waals surface area contributed by atoms with E-state index < -0.39 is 5.25 Å². The number of benzene rings is 1. The number of carbonyl (C=O) groups is 2. The third-order valence-electron chi connectivity index (χ3n) is 3.87. The Kier molecular flexibility index (Phi) is 4.93. The van der Waals surface area contributed by atoms with Gasteiger partial charge in [-0.2, -0.15) is 5.26 Å². The zero-order chi connectivity index (χ0) is 18.1. The molecule has 1 atom stereocenters. The molecule has 126 valence electrons. The van der Waals surface area contributed by atoms with Gasteiger partial charge in [-0.25, -0.2) is 9.88 Å². The van der Waals surface area contributed by atoms with E-state index in [9.17, 15) is 14.9 Å². The van der Waals surface area contributed by atoms with E-state index >= 15 is 0 Å². The smallest absolute Gasteiger partial charge is 0.247 e. The van der Waals surface area contributed by atoms with Gasteiger partial charge in [0.2, 0.25) is 11.8 Å². The first-order valence-corrected chi connectivity index (χ1v) is 9.25. The Labute approximate surface area is 158 Å². The SMILES string of the molecule is Cc1cc(C)c(C#N)c(S[C@H]2CC(=O)N(c3ccc(Br)cc3)C2=O)n1. The van der Waals surface area contributed by atoms with Crippen LogP contribution in [0.15, 0.2) is 39.8 Å². The van der Waals surface area contributed by atoms with E-state index in [0.717, 1.165) is 15.7 Å². The predicted octanol–water partition coefficient (Wildman–Crippen LogP) is 3.76. The normalized spacial score (nSPS) is 17.0. The number of rotatable bonds is 3. The summed E-state index contributed by atoms with van der Waals surface area (Å²) >= 11 is 4.53. The molecule has 0 bridgehead atoms. The lowest BCUT2D eigenvalue weighted by molar-refractivity contribution is -0.121. The van der Waals surface area contributed by atoms with Crippen molar-refractivity contribution in [3.8, 4) is 6.07 Å². The molecule has 0 aliphatic carbocycles. The van der Waals surface area contributed by atoms with Crippen LogP contribution in [0.25, 0.3) is 0 Å². The average Bonchev–Trinajstić information content (AvgIpc) is 2.82. The Balaban J connectivity index is 1.89. The number of hydrogen-bond acceptors (Lipinski definition) is 5. The Morgan fingerprint density at radius 3 is 2.60 bits per heavy atom. The summed E-state index contributed by atoms with van der Waals surface area (Å²) in [6.07, 6.45) is 0.0963. The van der Waals surface area contributed by atoms with Crippen molar-refractivity contribution in [2.45, 2.75) is 30.5 Å². The molecule has 2 heterocycles. The maximum absolute atomic E-state index is 12.7. The van der Waals surface area contributed by atoms with Crippen molar-refractivity contribution in [3.05, 3.63) is 51.6 Å². The summed E-state index contributed by atoms with van der Waals surface area (Å²) in [5, 5.41) is 9.30. The largest absolute Gasteiger partial charge is 0.274 e. The number of nitriles is 1. The molecule has 0 spiro atoms. The molecule has 7 heteroatoms. The van der Waals surface area contributed by atoms with Crippen LogP contribution in [0.3, 0.4) is 0 Å². The standard InChI is InChI=1S/C18H14BrN3O2S/c1-10-7-11(2)21-17(14(10)9-20)25-15-8-16(23)22(18(15)24)13-5-3-12(19)4-6-13/h3-7,15H,8H2,1-2H3/t15-/m0/s1. The lowest BCUT2D eigenvalue weighted by Gasteiger charge is -2.15. The van der Waals surface area contributed by atoms with Gasteiger partial charge in [-0.15, -0.1) is 0 Å². The van der Waals surface area contributed by atoms with Crippen molar-refractivity contribution in [1.29, 1.82) is 5.26 Å². The number of anilines is 1. The molecule has 5 nitrogen and oxygen atoms in total. The lowest BCUT2D eigenvalue weighted by atomic mass is 10.1. The molecule has 2 amide bonds. The van der Waals surface area contributed by atoms with Crippen molar-refractivity contribution in [2.75, 3.05) is 4.90 Å². The van der Waals surface area contributed by atoms with E-state index in [1.54, 1.807) is 24.3 Å². The fraction of sp³-hybridized carbons (Fsp3) is 0.222. The zero-order valence-corrected chi connectivity index (χ0v) is 16.0. The van der Waals surface area contributed by atoms with Crippen molar-refractivity contribution in [2.24, 2.45) is 0 Å². The molecule has 0 unspecified atom stereocenters. The van der Waals surface area contributed by atoms with Crippen molar-refractivity contribution >= 4 is 45.2 Å². The molecule has 25 heavy (non-hydrogen) atoms. The number of nitrogens with zero attached hydrogens (tertiary/aromatic N) is 3. The van der Waals surface area contributed by atoms with Crippen LogP contribution in [-0.4, -0.2) is 22.0 Å². The molecule has 0 radical (unpaired) electrons. The number of hydrogen-bond donors (Lipinski definition) is 0. The predicted molar refractivity (Wildman–Crippen MR) is 99.3 cm³/mol. The first-order valence-electron chi connectivity index (χ1n) is 7.58. The van der Waals surface area contributed by atoms with E-state index in [1.807, 2.05) is 19.9 Å². The molecular formula is C18H14BrN3O2S. The number of aromatic nitrogens is 1. The van der Waals surface area contributed by atoms with Crippen LogP contribution in [0.4, 0.5) is 5.69 Å². The van der Waals surface area contributed by atoms with Crippen LogP contribution < -0.4 is 4.90 Å². The summed E-state index contributed by atoms with van der Waals surface area (Å²) in [7, 11) is 0. The van der Waals surface area contributed by atoms with Gasteiger partial charge < -0.3 is 0 Å². The van der Waals surface area contributed by atoms with Crippen LogP contribution in [0.5, 0.6) is 0 Å². The number of thioether (sulfide) groups is 1. The lowest BCUT2D eigenvalue weighted by Crippen LogP contribution is -2.31. The number of carbonyl (C=O) groups excluding carboxylic acids is 2. The Morgan fingerprint density at radius 2 is 1.96 bits per heavy atom. The maximum Gasteiger partial charge on any atom is 0.247 e. The van der Waals surface area contributed by atoms with Gasteiger partial charge >= 0.3 is 0 Å². The highest BCUT2D eigenvalue weighted by Crippen LogP contribution is 2.35. The molecule has 2 aromatic rings. The van der Waals surface area contributed by atoms with Gasteiger partial charge in [0.05, 0.1) is 16.5 Å².